The molecule has 0 aliphatic heterocycles. The molecule has 0 aliphatic carbocycles. The Morgan fingerprint density at radius 2 is 1.70 bits per heavy atom. The zero-order chi connectivity index (χ0) is 19.9. The van der Waals surface area contributed by atoms with Gasteiger partial charge in [-0.25, -0.2) is 13.1 Å². The lowest BCUT2D eigenvalue weighted by Crippen LogP contribution is -2.27. The molecule has 2 aromatic carbocycles. The number of aryl methyl sites for hydroxylation is 2. The molecule has 27 heavy (non-hydrogen) atoms. The van der Waals surface area contributed by atoms with Crippen LogP contribution in [0.4, 0.5) is 0 Å². The molecule has 0 aliphatic rings. The van der Waals surface area contributed by atoms with Crippen LogP contribution in [-0.4, -0.2) is 13.0 Å². The van der Waals surface area contributed by atoms with Gasteiger partial charge in [-0.3, -0.25) is 9.36 Å². The Hall–Kier alpha value is -1.96. The van der Waals surface area contributed by atoms with Gasteiger partial charge in [0, 0.05) is 12.1 Å². The molecule has 0 unspecified atom stereocenters. The molecule has 3 rings (SSSR count). The average molecular weight is 405 g/mol. The van der Waals surface area contributed by atoms with E-state index in [1.165, 1.54) is 5.56 Å². The summed E-state index contributed by atoms with van der Waals surface area (Å²) in [5.41, 5.74) is 3.98. The number of sulfonamides is 1. The van der Waals surface area contributed by atoms with Crippen molar-refractivity contribution in [3.63, 3.8) is 0 Å². The number of fused-ring (bicyclic) bond motifs is 1. The van der Waals surface area contributed by atoms with Crippen molar-refractivity contribution >= 4 is 31.6 Å². The number of benzene rings is 2. The van der Waals surface area contributed by atoms with Gasteiger partial charge in [-0.2, -0.15) is 0 Å². The van der Waals surface area contributed by atoms with Gasteiger partial charge in [0.2, 0.25) is 10.0 Å². The van der Waals surface area contributed by atoms with Crippen LogP contribution in [0.2, 0.25) is 0 Å². The fraction of sp³-hybridized carbons (Fsp3) is 0.350. The maximum atomic E-state index is 12.8. The third-order valence-corrected chi connectivity index (χ3v) is 7.23. The van der Waals surface area contributed by atoms with Crippen LogP contribution >= 0.6 is 11.3 Å². The molecule has 3 aromatic rings. The first-order chi connectivity index (χ1) is 12.6. The maximum absolute atomic E-state index is 12.8. The van der Waals surface area contributed by atoms with Crippen LogP contribution in [0.1, 0.15) is 49.5 Å². The molecular formula is C20H24N2O3S2. The molecule has 1 heterocycles. The number of nitrogens with zero attached hydrogens (tertiary/aromatic N) is 1. The number of rotatable bonds is 5. The molecule has 0 saturated heterocycles. The molecule has 1 N–H and O–H groups in total. The SMILES string of the molecule is Cc1ccc([C@H](C)NS(=O)(=O)c2ccc3c(c2)sc(=O)n3C(C)C)cc1C. The standard InChI is InChI=1S/C20H24N2O3S2/c1-12(2)22-18-9-8-17(11-19(18)26-20(22)23)27(24,25)21-15(5)16-7-6-13(3)14(4)10-16/h6-12,15,21H,1-5H3/t15-/m0/s1. The summed E-state index contributed by atoms with van der Waals surface area (Å²) >= 11 is 1.07. The first kappa shape index (κ1) is 19.8. The Bertz CT molecular complexity index is 1160. The van der Waals surface area contributed by atoms with Gasteiger partial charge in [0.25, 0.3) is 0 Å². The number of hydrogen-bond donors (Lipinski definition) is 1. The summed E-state index contributed by atoms with van der Waals surface area (Å²) in [7, 11) is -3.70. The molecule has 0 saturated carbocycles. The summed E-state index contributed by atoms with van der Waals surface area (Å²) in [4.78, 5) is 12.3. The van der Waals surface area contributed by atoms with E-state index in [4.69, 9.17) is 0 Å². The molecule has 144 valence electrons. The van der Waals surface area contributed by atoms with Crippen LogP contribution in [0.25, 0.3) is 10.2 Å². The minimum Gasteiger partial charge on any atom is -0.296 e. The van der Waals surface area contributed by atoms with Gasteiger partial charge in [-0.15, -0.1) is 0 Å². The summed E-state index contributed by atoms with van der Waals surface area (Å²) in [5, 5.41) is 0. The van der Waals surface area contributed by atoms with E-state index in [0.717, 1.165) is 28.0 Å². The van der Waals surface area contributed by atoms with Crippen LogP contribution in [-0.2, 0) is 10.0 Å². The molecule has 1 aromatic heterocycles. The lowest BCUT2D eigenvalue weighted by Gasteiger charge is -2.16. The number of thiazole rings is 1. The van der Waals surface area contributed by atoms with E-state index in [1.54, 1.807) is 22.8 Å². The predicted octanol–water partition coefficient (Wildman–Crippen LogP) is 4.30. The lowest BCUT2D eigenvalue weighted by molar-refractivity contribution is 0.567. The van der Waals surface area contributed by atoms with Crippen molar-refractivity contribution in [2.75, 3.05) is 0 Å². The number of hydrogen-bond acceptors (Lipinski definition) is 4. The highest BCUT2D eigenvalue weighted by Crippen LogP contribution is 2.25. The first-order valence-electron chi connectivity index (χ1n) is 8.84. The van der Waals surface area contributed by atoms with Crippen molar-refractivity contribution in [3.05, 3.63) is 62.8 Å². The van der Waals surface area contributed by atoms with Gasteiger partial charge in [0.1, 0.15) is 0 Å². The van der Waals surface area contributed by atoms with Crippen LogP contribution < -0.4 is 9.60 Å². The third-order valence-electron chi connectivity index (χ3n) is 4.77. The molecule has 5 nitrogen and oxygen atoms in total. The van der Waals surface area contributed by atoms with Gasteiger partial charge in [-0.05, 0) is 69.5 Å². The number of nitrogens with one attached hydrogen (secondary N) is 1. The second-order valence-corrected chi connectivity index (χ2v) is 9.86. The predicted molar refractivity (Wildman–Crippen MR) is 111 cm³/mol. The molecule has 0 spiro atoms. The monoisotopic (exact) mass is 404 g/mol. The van der Waals surface area contributed by atoms with Crippen LogP contribution in [0.5, 0.6) is 0 Å². The topological polar surface area (TPSA) is 68.2 Å². The first-order valence-corrected chi connectivity index (χ1v) is 11.1. The van der Waals surface area contributed by atoms with E-state index in [9.17, 15) is 13.2 Å². The van der Waals surface area contributed by atoms with Crippen LogP contribution in [0, 0.1) is 13.8 Å². The molecular weight excluding hydrogens is 380 g/mol. The van der Waals surface area contributed by atoms with E-state index in [1.807, 2.05) is 52.8 Å². The fourth-order valence-corrected chi connectivity index (χ4v) is 5.46. The van der Waals surface area contributed by atoms with Crippen molar-refractivity contribution in [1.82, 2.24) is 9.29 Å². The van der Waals surface area contributed by atoms with Crippen molar-refractivity contribution in [3.8, 4) is 0 Å². The van der Waals surface area contributed by atoms with Crippen molar-refractivity contribution < 1.29 is 8.42 Å². The summed E-state index contributed by atoms with van der Waals surface area (Å²) in [6.07, 6.45) is 0. The highest BCUT2D eigenvalue weighted by atomic mass is 32.2. The third kappa shape index (κ3) is 3.85. The van der Waals surface area contributed by atoms with Crippen LogP contribution in [0.3, 0.4) is 0 Å². The lowest BCUT2D eigenvalue weighted by atomic mass is 10.0. The zero-order valence-corrected chi connectivity index (χ0v) is 17.7. The second kappa shape index (κ2) is 7.22. The normalized spacial score (nSPS) is 13.4. The van der Waals surface area contributed by atoms with Gasteiger partial charge >= 0.3 is 4.87 Å². The van der Waals surface area contributed by atoms with E-state index < -0.39 is 10.0 Å². The minimum atomic E-state index is -3.70. The average Bonchev–Trinajstić information content (AvgIpc) is 2.91. The quantitative estimate of drug-likeness (QED) is 0.689. The van der Waals surface area contributed by atoms with E-state index >= 15 is 0 Å². The Morgan fingerprint density at radius 1 is 1.00 bits per heavy atom. The Labute approximate surface area is 163 Å². The van der Waals surface area contributed by atoms with Gasteiger partial charge in [0.05, 0.1) is 15.1 Å². The zero-order valence-electron chi connectivity index (χ0n) is 16.1. The summed E-state index contributed by atoms with van der Waals surface area (Å²) in [6.45, 7) is 9.73. The van der Waals surface area contributed by atoms with Crippen molar-refractivity contribution in [2.45, 2.75) is 51.6 Å². The van der Waals surface area contributed by atoms with Gasteiger partial charge < -0.3 is 0 Å². The van der Waals surface area contributed by atoms with E-state index in [-0.39, 0.29) is 21.9 Å². The Balaban J connectivity index is 1.94. The summed E-state index contributed by atoms with van der Waals surface area (Å²) in [5.74, 6) is 0. The molecule has 0 bridgehead atoms. The molecule has 0 radical (unpaired) electrons. The summed E-state index contributed by atoms with van der Waals surface area (Å²) in [6, 6.07) is 10.4. The molecule has 0 fully saturated rings. The smallest absolute Gasteiger partial charge is 0.296 e. The van der Waals surface area contributed by atoms with Crippen molar-refractivity contribution in [2.24, 2.45) is 0 Å². The second-order valence-electron chi connectivity index (χ2n) is 7.15. The minimum absolute atomic E-state index is 0.0247. The maximum Gasteiger partial charge on any atom is 0.308 e. The van der Waals surface area contributed by atoms with Gasteiger partial charge in [0.15, 0.2) is 0 Å². The molecule has 7 heteroatoms. The van der Waals surface area contributed by atoms with Gasteiger partial charge in [-0.1, -0.05) is 29.5 Å². The largest absolute Gasteiger partial charge is 0.308 e. The van der Waals surface area contributed by atoms with Crippen LogP contribution in [0.15, 0.2) is 46.1 Å². The highest BCUT2D eigenvalue weighted by Gasteiger charge is 2.20. The fourth-order valence-electron chi connectivity index (χ4n) is 3.08. The van der Waals surface area contributed by atoms with E-state index in [2.05, 4.69) is 4.72 Å². The number of aromatic nitrogens is 1. The van der Waals surface area contributed by atoms with E-state index in [0.29, 0.717) is 4.70 Å². The molecule has 0 amide bonds. The molecule has 1 atom stereocenters. The summed E-state index contributed by atoms with van der Waals surface area (Å²) < 4.78 is 30.8. The Morgan fingerprint density at radius 3 is 2.33 bits per heavy atom. The highest BCUT2D eigenvalue weighted by molar-refractivity contribution is 7.89. The van der Waals surface area contributed by atoms with Crippen molar-refractivity contribution in [1.29, 1.82) is 0 Å². The Kier molecular flexibility index (Phi) is 5.29.